The van der Waals surface area contributed by atoms with Crippen LogP contribution >= 0.6 is 0 Å². The Morgan fingerprint density at radius 3 is 2.27 bits per heavy atom. The van der Waals surface area contributed by atoms with E-state index in [0.717, 1.165) is 0 Å². The molecule has 1 amide bonds. The predicted octanol–water partition coefficient (Wildman–Crippen LogP) is 5.49. The lowest BCUT2D eigenvalue weighted by Crippen LogP contribution is -2.22. The Morgan fingerprint density at radius 2 is 1.77 bits per heavy atom. The number of halogens is 5. The van der Waals surface area contributed by atoms with Crippen LogP contribution in [0.5, 0.6) is 0 Å². The Labute approximate surface area is 147 Å². The van der Waals surface area contributed by atoms with Gasteiger partial charge in [0.1, 0.15) is 11.4 Å². The summed E-state index contributed by atoms with van der Waals surface area (Å²) in [5, 5.41) is 2.43. The molecule has 1 aromatic carbocycles. The number of hydrogen-bond donors (Lipinski definition) is 1. The molecule has 140 valence electrons. The zero-order valence-electron chi connectivity index (χ0n) is 14.1. The molecule has 0 radical (unpaired) electrons. The van der Waals surface area contributed by atoms with Gasteiger partial charge in [0.15, 0.2) is 0 Å². The number of carbonyl (C=O) groups excluding carboxylic acids is 1. The maximum atomic E-state index is 13.4. The number of benzene rings is 1. The number of amides is 1. The number of nitrogens with zero attached hydrogens (tertiary/aromatic N) is 1. The fraction of sp³-hybridized carbons (Fsp3) is 0.333. The van der Waals surface area contributed by atoms with E-state index >= 15 is 0 Å². The molecule has 26 heavy (non-hydrogen) atoms. The molecule has 1 aromatic heterocycles. The summed E-state index contributed by atoms with van der Waals surface area (Å²) in [5.74, 6) is -1.06. The van der Waals surface area contributed by atoms with Crippen LogP contribution in [0.2, 0.25) is 0 Å². The molecule has 0 saturated carbocycles. The van der Waals surface area contributed by atoms with Gasteiger partial charge in [-0.1, -0.05) is 32.0 Å². The van der Waals surface area contributed by atoms with Crippen LogP contribution in [-0.2, 0) is 12.6 Å². The molecule has 8 heteroatoms. The van der Waals surface area contributed by atoms with Gasteiger partial charge >= 0.3 is 6.18 Å². The van der Waals surface area contributed by atoms with Crippen molar-refractivity contribution in [2.24, 2.45) is 5.92 Å². The van der Waals surface area contributed by atoms with Crippen molar-refractivity contribution in [3.8, 4) is 0 Å². The van der Waals surface area contributed by atoms with Crippen molar-refractivity contribution in [1.82, 2.24) is 4.98 Å². The molecule has 2 rings (SSSR count). The number of rotatable bonds is 5. The highest BCUT2D eigenvalue weighted by Crippen LogP contribution is 2.34. The molecule has 0 aliphatic carbocycles. The molecule has 0 saturated heterocycles. The number of carbonyl (C=O) groups is 1. The van der Waals surface area contributed by atoms with Crippen LogP contribution in [0, 0.1) is 5.92 Å². The SMILES string of the molecule is CC(C)Cc1cc(C(F)(F)F)nc(C(F)F)c1C(=O)Nc1ccccc1. The van der Waals surface area contributed by atoms with Gasteiger partial charge in [-0.05, 0) is 36.1 Å². The van der Waals surface area contributed by atoms with Gasteiger partial charge in [-0.15, -0.1) is 0 Å². The Hall–Kier alpha value is -2.51. The zero-order chi connectivity index (χ0) is 19.5. The van der Waals surface area contributed by atoms with Crippen LogP contribution in [0.25, 0.3) is 0 Å². The number of pyridine rings is 1. The second-order valence-corrected chi connectivity index (χ2v) is 6.14. The normalized spacial score (nSPS) is 11.9. The molecule has 0 aliphatic rings. The fourth-order valence-corrected chi connectivity index (χ4v) is 2.50. The Bertz CT molecular complexity index is 773. The van der Waals surface area contributed by atoms with Gasteiger partial charge in [-0.2, -0.15) is 13.2 Å². The standard InChI is InChI=1S/C18H17F5N2O/c1-10(2)8-11-9-13(18(21,22)23)25-15(16(19)20)14(11)17(26)24-12-6-4-3-5-7-12/h3-7,9-10,16H,8H2,1-2H3,(H,24,26). The summed E-state index contributed by atoms with van der Waals surface area (Å²) in [6, 6.07) is 8.71. The average molecular weight is 372 g/mol. The van der Waals surface area contributed by atoms with E-state index in [9.17, 15) is 26.7 Å². The molecular weight excluding hydrogens is 355 g/mol. The first kappa shape index (κ1) is 19.8. The molecule has 0 fully saturated rings. The van der Waals surface area contributed by atoms with Gasteiger partial charge in [0.05, 0.1) is 5.56 Å². The van der Waals surface area contributed by atoms with Crippen molar-refractivity contribution in [2.45, 2.75) is 32.9 Å². The van der Waals surface area contributed by atoms with Crippen molar-refractivity contribution >= 4 is 11.6 Å². The Morgan fingerprint density at radius 1 is 1.15 bits per heavy atom. The molecule has 1 heterocycles. The smallest absolute Gasteiger partial charge is 0.322 e. The third-order valence-electron chi connectivity index (χ3n) is 3.51. The minimum absolute atomic E-state index is 0.0306. The van der Waals surface area contributed by atoms with Crippen LogP contribution in [0.15, 0.2) is 36.4 Å². The van der Waals surface area contributed by atoms with Crippen LogP contribution in [0.3, 0.4) is 0 Å². The lowest BCUT2D eigenvalue weighted by Gasteiger charge is -2.18. The first-order chi connectivity index (χ1) is 12.1. The zero-order valence-corrected chi connectivity index (χ0v) is 14.1. The van der Waals surface area contributed by atoms with Crippen molar-refractivity contribution in [1.29, 1.82) is 0 Å². The summed E-state index contributed by atoms with van der Waals surface area (Å²) >= 11 is 0. The maximum Gasteiger partial charge on any atom is 0.433 e. The summed E-state index contributed by atoms with van der Waals surface area (Å²) in [6.45, 7) is 3.43. The third-order valence-corrected chi connectivity index (χ3v) is 3.51. The van der Waals surface area contributed by atoms with E-state index < -0.39 is 35.5 Å². The summed E-state index contributed by atoms with van der Waals surface area (Å²) in [7, 11) is 0. The number of anilines is 1. The van der Waals surface area contributed by atoms with Crippen molar-refractivity contribution in [3.63, 3.8) is 0 Å². The topological polar surface area (TPSA) is 42.0 Å². The molecule has 0 unspecified atom stereocenters. The van der Waals surface area contributed by atoms with Crippen molar-refractivity contribution in [3.05, 3.63) is 58.9 Å². The second-order valence-electron chi connectivity index (χ2n) is 6.14. The van der Waals surface area contributed by atoms with Gasteiger partial charge in [0.2, 0.25) is 0 Å². The molecule has 1 N–H and O–H groups in total. The highest BCUT2D eigenvalue weighted by atomic mass is 19.4. The van der Waals surface area contributed by atoms with Gasteiger partial charge in [0.25, 0.3) is 12.3 Å². The van der Waals surface area contributed by atoms with Crippen LogP contribution in [0.4, 0.5) is 27.6 Å². The van der Waals surface area contributed by atoms with E-state index in [4.69, 9.17) is 0 Å². The van der Waals surface area contributed by atoms with Crippen LogP contribution < -0.4 is 5.32 Å². The van der Waals surface area contributed by atoms with E-state index in [0.29, 0.717) is 11.8 Å². The molecule has 0 aliphatic heterocycles. The first-order valence-corrected chi connectivity index (χ1v) is 7.85. The van der Waals surface area contributed by atoms with Gasteiger partial charge in [-0.3, -0.25) is 4.79 Å². The number of nitrogens with one attached hydrogen (secondary N) is 1. The van der Waals surface area contributed by atoms with Gasteiger partial charge in [0, 0.05) is 5.69 Å². The molecule has 2 aromatic rings. The van der Waals surface area contributed by atoms with Crippen molar-refractivity contribution < 1.29 is 26.7 Å². The summed E-state index contributed by atoms with van der Waals surface area (Å²) < 4.78 is 65.9. The van der Waals surface area contributed by atoms with E-state index in [1.54, 1.807) is 44.2 Å². The van der Waals surface area contributed by atoms with E-state index in [-0.39, 0.29) is 17.9 Å². The minimum Gasteiger partial charge on any atom is -0.322 e. The highest BCUT2D eigenvalue weighted by Gasteiger charge is 2.36. The van der Waals surface area contributed by atoms with Gasteiger partial charge < -0.3 is 5.32 Å². The third kappa shape index (κ3) is 4.77. The number of hydrogen-bond acceptors (Lipinski definition) is 2. The summed E-state index contributed by atoms with van der Waals surface area (Å²) in [6.07, 6.45) is -8.17. The van der Waals surface area contributed by atoms with Crippen LogP contribution in [-0.4, -0.2) is 10.9 Å². The molecule has 3 nitrogen and oxygen atoms in total. The summed E-state index contributed by atoms with van der Waals surface area (Å²) in [5.41, 5.74) is -2.87. The first-order valence-electron chi connectivity index (χ1n) is 7.85. The molecule has 0 atom stereocenters. The van der Waals surface area contributed by atoms with Crippen LogP contribution in [0.1, 0.15) is 47.6 Å². The quantitative estimate of drug-likeness (QED) is 0.706. The lowest BCUT2D eigenvalue weighted by molar-refractivity contribution is -0.141. The second kappa shape index (κ2) is 7.80. The number of para-hydroxylation sites is 1. The molecule has 0 bridgehead atoms. The highest BCUT2D eigenvalue weighted by molar-refractivity contribution is 6.06. The van der Waals surface area contributed by atoms with Gasteiger partial charge in [-0.25, -0.2) is 13.8 Å². The van der Waals surface area contributed by atoms with E-state index in [2.05, 4.69) is 10.3 Å². The Kier molecular flexibility index (Phi) is 5.94. The van der Waals surface area contributed by atoms with Crippen molar-refractivity contribution in [2.75, 3.05) is 5.32 Å². The fourth-order valence-electron chi connectivity index (χ4n) is 2.50. The maximum absolute atomic E-state index is 13.4. The summed E-state index contributed by atoms with van der Waals surface area (Å²) in [4.78, 5) is 15.6. The number of alkyl halides is 5. The number of aromatic nitrogens is 1. The molecule has 0 spiro atoms. The predicted molar refractivity (Wildman–Crippen MR) is 87.1 cm³/mol. The Balaban J connectivity index is 2.58. The minimum atomic E-state index is -4.89. The molecular formula is C18H17F5N2O. The average Bonchev–Trinajstić information content (AvgIpc) is 2.53. The van der Waals surface area contributed by atoms with E-state index in [1.807, 2.05) is 0 Å². The van der Waals surface area contributed by atoms with E-state index in [1.165, 1.54) is 0 Å². The largest absolute Gasteiger partial charge is 0.433 e. The lowest BCUT2D eigenvalue weighted by atomic mass is 9.95. The monoisotopic (exact) mass is 372 g/mol.